The van der Waals surface area contributed by atoms with Gasteiger partial charge >= 0.3 is 0 Å². The third kappa shape index (κ3) is 2.55. The summed E-state index contributed by atoms with van der Waals surface area (Å²) in [7, 11) is -2.30. The molecule has 3 heterocycles. The largest absolute Gasteiger partial charge is 0.339 e. The van der Waals surface area contributed by atoms with E-state index in [9.17, 15) is 17.6 Å². The number of nitrogens with zero attached hydrogens (tertiary/aromatic N) is 3. The molecule has 2 aromatic carbocycles. The highest BCUT2D eigenvalue weighted by atomic mass is 32.2. The number of nitrogens with one attached hydrogen (secondary N) is 1. The fourth-order valence-electron chi connectivity index (χ4n) is 4.65. The zero-order valence-corrected chi connectivity index (χ0v) is 16.9. The fraction of sp³-hybridized carbons (Fsp3) is 0.238. The van der Waals surface area contributed by atoms with E-state index in [1.807, 2.05) is 18.2 Å². The van der Waals surface area contributed by atoms with Crippen LogP contribution in [0.4, 0.5) is 10.1 Å². The number of rotatable bonds is 3. The summed E-state index contributed by atoms with van der Waals surface area (Å²) in [5.41, 5.74) is 0.881. The molecule has 1 saturated heterocycles. The van der Waals surface area contributed by atoms with Gasteiger partial charge in [-0.15, -0.1) is 0 Å². The van der Waals surface area contributed by atoms with Crippen LogP contribution in [0.1, 0.15) is 23.6 Å². The van der Waals surface area contributed by atoms with Crippen molar-refractivity contribution in [3.05, 3.63) is 78.0 Å². The van der Waals surface area contributed by atoms with E-state index in [1.54, 1.807) is 29.8 Å². The Balaban J connectivity index is 1.72. The molecule has 9 heteroatoms. The highest BCUT2D eigenvalue weighted by molar-refractivity contribution is 7.89. The number of aromatic nitrogens is 2. The molecule has 2 aliphatic heterocycles. The van der Waals surface area contributed by atoms with Gasteiger partial charge in [-0.2, -0.15) is 4.31 Å². The van der Waals surface area contributed by atoms with Crippen molar-refractivity contribution in [2.45, 2.75) is 22.9 Å². The van der Waals surface area contributed by atoms with E-state index in [0.717, 1.165) is 5.56 Å². The standard InChI is InChI=1S/C21H19FN4O3S/c1-25-12-18(23-13-25)30(28,29)26-11-10-21(19(26)14-6-8-15(22)9-7-14)16-4-2-3-5-17(16)24-20(21)27/h2-9,12-13,19H,10-11H2,1H3,(H,24,27)/t19-,21+/m0/s1. The maximum Gasteiger partial charge on any atom is 0.262 e. The van der Waals surface area contributed by atoms with Gasteiger partial charge in [-0.05, 0) is 35.7 Å². The molecule has 1 N–H and O–H groups in total. The monoisotopic (exact) mass is 426 g/mol. The Morgan fingerprint density at radius 2 is 1.90 bits per heavy atom. The minimum atomic E-state index is -3.99. The van der Waals surface area contributed by atoms with Crippen molar-refractivity contribution < 1.29 is 17.6 Å². The van der Waals surface area contributed by atoms with Crippen LogP contribution in [-0.4, -0.2) is 34.7 Å². The Morgan fingerprint density at radius 1 is 1.17 bits per heavy atom. The number of halogens is 1. The molecule has 30 heavy (non-hydrogen) atoms. The Morgan fingerprint density at radius 3 is 2.60 bits per heavy atom. The predicted octanol–water partition coefficient (Wildman–Crippen LogP) is 2.58. The zero-order valence-electron chi connectivity index (χ0n) is 16.1. The van der Waals surface area contributed by atoms with Crippen LogP contribution in [-0.2, 0) is 27.3 Å². The molecule has 0 saturated carbocycles. The zero-order chi connectivity index (χ0) is 21.1. The molecule has 0 unspecified atom stereocenters. The molecule has 0 aliphatic carbocycles. The summed E-state index contributed by atoms with van der Waals surface area (Å²) in [6.07, 6.45) is 3.16. The molecular formula is C21H19FN4O3S. The van der Waals surface area contributed by atoms with E-state index in [1.165, 1.54) is 29.0 Å². The van der Waals surface area contributed by atoms with Crippen molar-refractivity contribution in [1.82, 2.24) is 13.9 Å². The van der Waals surface area contributed by atoms with Gasteiger partial charge in [0.25, 0.3) is 10.0 Å². The molecule has 1 spiro atoms. The molecule has 1 fully saturated rings. The maximum atomic E-state index is 13.6. The van der Waals surface area contributed by atoms with Gasteiger partial charge < -0.3 is 9.88 Å². The highest BCUT2D eigenvalue weighted by Crippen LogP contribution is 2.55. The summed E-state index contributed by atoms with van der Waals surface area (Å²) >= 11 is 0. The summed E-state index contributed by atoms with van der Waals surface area (Å²) in [6.45, 7) is 0.142. The van der Waals surface area contributed by atoms with Crippen molar-refractivity contribution in [2.24, 2.45) is 7.05 Å². The number of carbonyl (C=O) groups excluding carboxylic acids is 1. The first-order valence-corrected chi connectivity index (χ1v) is 10.9. The average Bonchev–Trinajstić information content (AvgIpc) is 3.41. The molecule has 2 aliphatic rings. The van der Waals surface area contributed by atoms with E-state index in [2.05, 4.69) is 10.3 Å². The van der Waals surface area contributed by atoms with E-state index < -0.39 is 27.3 Å². The number of fused-ring (bicyclic) bond motifs is 2. The lowest BCUT2D eigenvalue weighted by atomic mass is 9.73. The van der Waals surface area contributed by atoms with E-state index >= 15 is 0 Å². The van der Waals surface area contributed by atoms with Crippen LogP contribution >= 0.6 is 0 Å². The number of hydrogen-bond donors (Lipinski definition) is 1. The van der Waals surface area contributed by atoms with Crippen LogP contribution in [0, 0.1) is 5.82 Å². The number of imidazole rings is 1. The topological polar surface area (TPSA) is 84.3 Å². The normalized spacial score (nSPS) is 23.7. The van der Waals surface area contributed by atoms with Gasteiger partial charge in [-0.1, -0.05) is 30.3 Å². The molecule has 5 rings (SSSR count). The van der Waals surface area contributed by atoms with Gasteiger partial charge in [0.1, 0.15) is 5.82 Å². The van der Waals surface area contributed by atoms with E-state index in [0.29, 0.717) is 17.7 Å². The summed E-state index contributed by atoms with van der Waals surface area (Å²) in [5, 5.41) is 2.82. The SMILES string of the molecule is Cn1cnc(S(=O)(=O)N2CC[C@]3(C(=O)Nc4ccccc43)[C@@H]2c2ccc(F)cc2)c1. The number of para-hydroxylation sites is 1. The molecular weight excluding hydrogens is 407 g/mol. The smallest absolute Gasteiger partial charge is 0.262 e. The first kappa shape index (κ1) is 19.0. The number of amides is 1. The summed E-state index contributed by atoms with van der Waals surface area (Å²) in [6, 6.07) is 12.1. The van der Waals surface area contributed by atoms with E-state index in [-0.39, 0.29) is 17.5 Å². The first-order chi connectivity index (χ1) is 14.3. The second-order valence-electron chi connectivity index (χ2n) is 7.67. The summed E-state index contributed by atoms with van der Waals surface area (Å²) in [4.78, 5) is 17.3. The lowest BCUT2D eigenvalue weighted by Crippen LogP contribution is -2.42. The van der Waals surface area contributed by atoms with Crippen molar-refractivity contribution >= 4 is 21.6 Å². The van der Waals surface area contributed by atoms with Crippen LogP contribution in [0.25, 0.3) is 0 Å². The van der Waals surface area contributed by atoms with Crippen LogP contribution < -0.4 is 5.32 Å². The van der Waals surface area contributed by atoms with Crippen LogP contribution in [0.2, 0.25) is 0 Å². The molecule has 154 valence electrons. The number of anilines is 1. The Kier molecular flexibility index (Phi) is 4.09. The maximum absolute atomic E-state index is 13.6. The molecule has 1 aromatic heterocycles. The van der Waals surface area contributed by atoms with Gasteiger partial charge in [0.15, 0.2) is 5.03 Å². The minimum absolute atomic E-state index is 0.0825. The van der Waals surface area contributed by atoms with Gasteiger partial charge in [0, 0.05) is 25.5 Å². The summed E-state index contributed by atoms with van der Waals surface area (Å²) in [5.74, 6) is -0.682. The molecule has 0 bridgehead atoms. The second kappa shape index (κ2) is 6.48. The molecule has 0 radical (unpaired) electrons. The number of carbonyl (C=O) groups is 1. The Bertz CT molecular complexity index is 1260. The van der Waals surface area contributed by atoms with Crippen molar-refractivity contribution in [1.29, 1.82) is 0 Å². The highest BCUT2D eigenvalue weighted by Gasteiger charge is 2.61. The average molecular weight is 426 g/mol. The number of hydrogen-bond acceptors (Lipinski definition) is 4. The first-order valence-electron chi connectivity index (χ1n) is 9.50. The quantitative estimate of drug-likeness (QED) is 0.698. The van der Waals surface area contributed by atoms with Crippen LogP contribution in [0.3, 0.4) is 0 Å². The summed E-state index contributed by atoms with van der Waals surface area (Å²) < 4.78 is 43.5. The predicted molar refractivity (Wildman–Crippen MR) is 108 cm³/mol. The van der Waals surface area contributed by atoms with Gasteiger partial charge in [0.2, 0.25) is 5.91 Å². The third-order valence-corrected chi connectivity index (χ3v) is 7.73. The lowest BCUT2D eigenvalue weighted by Gasteiger charge is -2.33. The van der Waals surface area contributed by atoms with Crippen molar-refractivity contribution in [3.8, 4) is 0 Å². The van der Waals surface area contributed by atoms with Crippen molar-refractivity contribution in [3.63, 3.8) is 0 Å². The fourth-order valence-corrected chi connectivity index (χ4v) is 6.28. The van der Waals surface area contributed by atoms with Crippen LogP contribution in [0.5, 0.6) is 0 Å². The molecule has 2 atom stereocenters. The van der Waals surface area contributed by atoms with E-state index in [4.69, 9.17) is 0 Å². The van der Waals surface area contributed by atoms with Gasteiger partial charge in [0.05, 0.1) is 17.8 Å². The second-order valence-corrected chi connectivity index (χ2v) is 9.51. The van der Waals surface area contributed by atoms with Crippen molar-refractivity contribution in [2.75, 3.05) is 11.9 Å². The lowest BCUT2D eigenvalue weighted by molar-refractivity contribution is -0.121. The molecule has 3 aromatic rings. The Hall–Kier alpha value is -3.04. The molecule has 1 amide bonds. The van der Waals surface area contributed by atoms with Crippen LogP contribution in [0.15, 0.2) is 66.1 Å². The number of aryl methyl sites for hydroxylation is 1. The Labute approximate surface area is 173 Å². The molecule has 7 nitrogen and oxygen atoms in total. The third-order valence-electron chi connectivity index (χ3n) is 5.98. The minimum Gasteiger partial charge on any atom is -0.339 e. The van der Waals surface area contributed by atoms with Gasteiger partial charge in [-0.25, -0.2) is 17.8 Å². The number of benzene rings is 2. The van der Waals surface area contributed by atoms with Gasteiger partial charge in [-0.3, -0.25) is 4.79 Å². The number of sulfonamides is 1.